The first-order valence-electron chi connectivity index (χ1n) is 6.45. The Balaban J connectivity index is 2.13. The van der Waals surface area contributed by atoms with E-state index in [1.165, 1.54) is 6.42 Å². The zero-order valence-corrected chi connectivity index (χ0v) is 10.8. The fourth-order valence-electron chi connectivity index (χ4n) is 2.64. The summed E-state index contributed by atoms with van der Waals surface area (Å²) in [5.74, 6) is 0.129. The Bertz CT molecular complexity index is 426. The fourth-order valence-corrected chi connectivity index (χ4v) is 2.64. The van der Waals surface area contributed by atoms with Gasteiger partial charge in [0.15, 0.2) is 5.78 Å². The van der Waals surface area contributed by atoms with Crippen molar-refractivity contribution in [3.63, 3.8) is 0 Å². The normalized spacial score (nSPS) is 18.5. The molecule has 1 aromatic rings. The third kappa shape index (κ3) is 2.53. The molecule has 2 N–H and O–H groups in total. The van der Waals surface area contributed by atoms with Gasteiger partial charge in [0.05, 0.1) is 0 Å². The summed E-state index contributed by atoms with van der Waals surface area (Å²) in [6.07, 6.45) is 8.56. The monoisotopic (exact) mass is 248 g/mol. The number of nitrogen functional groups attached to an aromatic ring is 1. The molecule has 1 heterocycles. The van der Waals surface area contributed by atoms with Crippen LogP contribution in [0.2, 0.25) is 0 Å². The Labute approximate surface area is 108 Å². The number of Topliss-reactive ketones (excluding diaryl/α,β-unsaturated/α-hetero) is 1. The van der Waals surface area contributed by atoms with Crippen molar-refractivity contribution in [2.75, 3.05) is 12.8 Å². The van der Waals surface area contributed by atoms with Crippen molar-refractivity contribution in [2.24, 2.45) is 0 Å². The maximum atomic E-state index is 12.5. The van der Waals surface area contributed by atoms with Gasteiger partial charge in [-0.05, 0) is 18.9 Å². The Kier molecular flexibility index (Phi) is 3.97. The molecule has 0 spiro atoms. The Morgan fingerprint density at radius 3 is 2.78 bits per heavy atom. The molecular weight excluding hydrogens is 228 g/mol. The molecule has 0 saturated heterocycles. The van der Waals surface area contributed by atoms with Crippen molar-refractivity contribution in [1.29, 1.82) is 0 Å². The van der Waals surface area contributed by atoms with E-state index in [4.69, 9.17) is 10.5 Å². The van der Waals surface area contributed by atoms with Crippen LogP contribution >= 0.6 is 0 Å². The smallest absolute Gasteiger partial charge is 0.169 e. The predicted molar refractivity (Wildman–Crippen MR) is 70.2 cm³/mol. The molecule has 0 aromatic carbocycles. The quantitative estimate of drug-likeness (QED) is 0.886. The third-order valence-corrected chi connectivity index (χ3v) is 3.85. The van der Waals surface area contributed by atoms with E-state index in [-0.39, 0.29) is 5.78 Å². The highest BCUT2D eigenvalue weighted by atomic mass is 16.5. The van der Waals surface area contributed by atoms with Crippen molar-refractivity contribution < 1.29 is 9.53 Å². The lowest BCUT2D eigenvalue weighted by Crippen LogP contribution is -2.43. The molecule has 1 aliphatic rings. The Morgan fingerprint density at radius 1 is 1.44 bits per heavy atom. The molecule has 0 atom stereocenters. The van der Waals surface area contributed by atoms with Crippen LogP contribution in [-0.2, 0) is 16.0 Å². The summed E-state index contributed by atoms with van der Waals surface area (Å²) in [6.45, 7) is 0. The summed E-state index contributed by atoms with van der Waals surface area (Å²) in [4.78, 5) is 16.5. The van der Waals surface area contributed by atoms with Gasteiger partial charge in [-0.2, -0.15) is 0 Å². The number of ether oxygens (including phenoxy) is 1. The summed E-state index contributed by atoms with van der Waals surface area (Å²) in [7, 11) is 1.63. The number of carbonyl (C=O) groups is 1. The van der Waals surface area contributed by atoms with Gasteiger partial charge in [-0.3, -0.25) is 9.78 Å². The van der Waals surface area contributed by atoms with Gasteiger partial charge in [0.1, 0.15) is 5.60 Å². The Morgan fingerprint density at radius 2 is 2.17 bits per heavy atom. The van der Waals surface area contributed by atoms with Crippen molar-refractivity contribution in [3.8, 4) is 0 Å². The molecule has 0 radical (unpaired) electrons. The van der Waals surface area contributed by atoms with Gasteiger partial charge in [-0.1, -0.05) is 19.3 Å². The molecule has 0 aliphatic heterocycles. The molecule has 18 heavy (non-hydrogen) atoms. The maximum absolute atomic E-state index is 12.5. The van der Waals surface area contributed by atoms with E-state index in [0.29, 0.717) is 12.1 Å². The summed E-state index contributed by atoms with van der Waals surface area (Å²) < 4.78 is 5.54. The minimum absolute atomic E-state index is 0.129. The van der Waals surface area contributed by atoms with E-state index in [9.17, 15) is 4.79 Å². The average molecular weight is 248 g/mol. The van der Waals surface area contributed by atoms with Crippen LogP contribution in [0.5, 0.6) is 0 Å². The minimum atomic E-state index is -0.597. The number of hydrogen-bond donors (Lipinski definition) is 1. The molecule has 0 bridgehead atoms. The van der Waals surface area contributed by atoms with E-state index < -0.39 is 5.60 Å². The fraction of sp³-hybridized carbons (Fsp3) is 0.571. The van der Waals surface area contributed by atoms with E-state index in [2.05, 4.69) is 4.98 Å². The number of pyridine rings is 1. The highest BCUT2D eigenvalue weighted by Gasteiger charge is 2.39. The van der Waals surface area contributed by atoms with Gasteiger partial charge in [0.2, 0.25) is 0 Å². The third-order valence-electron chi connectivity index (χ3n) is 3.85. The number of nitrogens with zero attached hydrogens (tertiary/aromatic N) is 1. The number of carbonyl (C=O) groups excluding carboxylic acids is 1. The second-order valence-corrected chi connectivity index (χ2v) is 4.93. The van der Waals surface area contributed by atoms with Gasteiger partial charge < -0.3 is 10.5 Å². The first kappa shape index (κ1) is 13.0. The van der Waals surface area contributed by atoms with Gasteiger partial charge in [0, 0.05) is 37.2 Å². The van der Waals surface area contributed by atoms with Crippen LogP contribution in [0.3, 0.4) is 0 Å². The first-order chi connectivity index (χ1) is 8.68. The molecule has 0 unspecified atom stereocenters. The number of anilines is 1. The zero-order valence-electron chi connectivity index (χ0n) is 10.8. The van der Waals surface area contributed by atoms with Crippen molar-refractivity contribution in [1.82, 2.24) is 4.98 Å². The lowest BCUT2D eigenvalue weighted by atomic mass is 9.79. The molecule has 1 fully saturated rings. The number of rotatable bonds is 4. The van der Waals surface area contributed by atoms with Gasteiger partial charge in [0.25, 0.3) is 0 Å². The van der Waals surface area contributed by atoms with Crippen LogP contribution in [0, 0.1) is 0 Å². The second-order valence-electron chi connectivity index (χ2n) is 4.93. The van der Waals surface area contributed by atoms with Crippen LogP contribution in [0.1, 0.15) is 37.7 Å². The minimum Gasteiger partial charge on any atom is -0.398 e. The lowest BCUT2D eigenvalue weighted by molar-refractivity contribution is -0.144. The standard InChI is InChI=1S/C14H20N2O2/c1-18-14(6-3-2-4-7-14)13(17)9-11-10-16-8-5-12(11)15/h5,8,10H,2-4,6-7,9H2,1H3,(H2,15,16). The molecule has 4 heteroatoms. The van der Waals surface area contributed by atoms with E-state index in [0.717, 1.165) is 31.2 Å². The van der Waals surface area contributed by atoms with Crippen LogP contribution in [0.15, 0.2) is 18.5 Å². The number of hydrogen-bond acceptors (Lipinski definition) is 4. The summed E-state index contributed by atoms with van der Waals surface area (Å²) in [5.41, 5.74) is 6.67. The molecule has 1 aliphatic carbocycles. The number of aromatic nitrogens is 1. The van der Waals surface area contributed by atoms with E-state index in [1.807, 2.05) is 0 Å². The van der Waals surface area contributed by atoms with Crippen molar-refractivity contribution >= 4 is 11.5 Å². The molecular formula is C14H20N2O2. The van der Waals surface area contributed by atoms with Crippen LogP contribution in [-0.4, -0.2) is 23.5 Å². The second kappa shape index (κ2) is 5.48. The van der Waals surface area contributed by atoms with E-state index >= 15 is 0 Å². The number of ketones is 1. The number of nitrogens with two attached hydrogens (primary N) is 1. The Hall–Kier alpha value is -1.42. The summed E-state index contributed by atoms with van der Waals surface area (Å²) >= 11 is 0. The SMILES string of the molecule is COC1(C(=O)Cc2cnccc2N)CCCCC1. The molecule has 1 saturated carbocycles. The lowest BCUT2D eigenvalue weighted by Gasteiger charge is -2.34. The summed E-state index contributed by atoms with van der Waals surface area (Å²) in [5, 5.41) is 0. The maximum Gasteiger partial charge on any atom is 0.169 e. The predicted octanol–water partition coefficient (Wildman–Crippen LogP) is 2.12. The van der Waals surface area contributed by atoms with E-state index in [1.54, 1.807) is 25.6 Å². The van der Waals surface area contributed by atoms with Crippen LogP contribution in [0.4, 0.5) is 5.69 Å². The van der Waals surface area contributed by atoms with Gasteiger partial charge in [-0.25, -0.2) is 0 Å². The molecule has 4 nitrogen and oxygen atoms in total. The number of methoxy groups -OCH3 is 1. The van der Waals surface area contributed by atoms with Gasteiger partial charge >= 0.3 is 0 Å². The van der Waals surface area contributed by atoms with Crippen molar-refractivity contribution in [3.05, 3.63) is 24.0 Å². The van der Waals surface area contributed by atoms with Gasteiger partial charge in [-0.15, -0.1) is 0 Å². The molecule has 1 aromatic heterocycles. The molecule has 0 amide bonds. The molecule has 98 valence electrons. The average Bonchev–Trinajstić information content (AvgIpc) is 2.42. The zero-order chi connectivity index (χ0) is 13.0. The molecule has 2 rings (SSSR count). The highest BCUT2D eigenvalue weighted by molar-refractivity contribution is 5.90. The van der Waals surface area contributed by atoms with Crippen LogP contribution < -0.4 is 5.73 Å². The largest absolute Gasteiger partial charge is 0.398 e. The highest BCUT2D eigenvalue weighted by Crippen LogP contribution is 2.33. The summed E-state index contributed by atoms with van der Waals surface area (Å²) in [6, 6.07) is 1.73. The first-order valence-corrected chi connectivity index (χ1v) is 6.45. The van der Waals surface area contributed by atoms with Crippen molar-refractivity contribution in [2.45, 2.75) is 44.1 Å². The van der Waals surface area contributed by atoms with Crippen LogP contribution in [0.25, 0.3) is 0 Å². The topological polar surface area (TPSA) is 65.2 Å².